The monoisotopic (exact) mass is 522 g/mol. The number of hydrogen-bond donors (Lipinski definition) is 2. The third-order valence-electron chi connectivity index (χ3n) is 7.70. The lowest BCUT2D eigenvalue weighted by Gasteiger charge is -2.24. The van der Waals surface area contributed by atoms with Gasteiger partial charge in [-0.25, -0.2) is 4.98 Å². The minimum absolute atomic E-state index is 0.0476. The summed E-state index contributed by atoms with van der Waals surface area (Å²) in [6, 6.07) is 17.9. The number of hydrogen-bond acceptors (Lipinski definition) is 6. The molecular weight excluding hydrogens is 492 g/mol. The maximum absolute atomic E-state index is 13.6. The molecule has 1 aliphatic carbocycles. The summed E-state index contributed by atoms with van der Waals surface area (Å²) in [7, 11) is 5.47. The zero-order chi connectivity index (χ0) is 27.3. The number of anilines is 2. The van der Waals surface area contributed by atoms with Gasteiger partial charge < -0.3 is 19.7 Å². The maximum Gasteiger partial charge on any atom is 0.302 e. The molecule has 2 heterocycles. The second kappa shape index (κ2) is 9.62. The first-order chi connectivity index (χ1) is 18.9. The highest BCUT2D eigenvalue weighted by Gasteiger charge is 2.48. The van der Waals surface area contributed by atoms with Crippen molar-refractivity contribution in [3.63, 3.8) is 0 Å². The van der Waals surface area contributed by atoms with Crippen LogP contribution < -0.4 is 14.5 Å². The van der Waals surface area contributed by atoms with Gasteiger partial charge in [-0.1, -0.05) is 24.3 Å². The minimum Gasteiger partial charge on any atom is -0.507 e. The Hall–Kier alpha value is -4.59. The number of aryl methyl sites for hydroxylation is 2. The number of rotatable bonds is 5. The molecule has 8 heteroatoms. The molecule has 8 nitrogen and oxygen atoms in total. The van der Waals surface area contributed by atoms with Gasteiger partial charge in [-0.15, -0.1) is 0 Å². The molecule has 198 valence electrons. The lowest BCUT2D eigenvalue weighted by molar-refractivity contribution is -0.132. The highest BCUT2D eigenvalue weighted by molar-refractivity contribution is 6.51. The van der Waals surface area contributed by atoms with Crippen molar-refractivity contribution in [2.75, 3.05) is 31.0 Å². The summed E-state index contributed by atoms with van der Waals surface area (Å²) >= 11 is 0. The van der Waals surface area contributed by atoms with Crippen LogP contribution in [0.3, 0.4) is 0 Å². The van der Waals surface area contributed by atoms with Gasteiger partial charge in [0, 0.05) is 31.4 Å². The Morgan fingerprint density at radius 2 is 1.74 bits per heavy atom. The second-order valence-corrected chi connectivity index (χ2v) is 10.3. The molecule has 1 atom stereocenters. The van der Waals surface area contributed by atoms with Crippen LogP contribution in [0, 0.1) is 0 Å². The van der Waals surface area contributed by atoms with Gasteiger partial charge >= 0.3 is 5.91 Å². The fraction of sp³-hybridized carbons (Fsp3) is 0.258. The second-order valence-electron chi connectivity index (χ2n) is 10.3. The molecule has 1 aromatic heterocycles. The van der Waals surface area contributed by atoms with Crippen molar-refractivity contribution >= 4 is 40.1 Å². The first kappa shape index (κ1) is 24.7. The van der Waals surface area contributed by atoms with Crippen molar-refractivity contribution in [2.24, 2.45) is 0 Å². The number of H-pyrrole nitrogens is 1. The van der Waals surface area contributed by atoms with E-state index in [4.69, 9.17) is 4.74 Å². The van der Waals surface area contributed by atoms with Gasteiger partial charge in [0.15, 0.2) is 0 Å². The number of aromatic amines is 1. The van der Waals surface area contributed by atoms with Crippen molar-refractivity contribution in [1.82, 2.24) is 9.97 Å². The smallest absolute Gasteiger partial charge is 0.302 e. The average molecular weight is 523 g/mol. The van der Waals surface area contributed by atoms with Crippen LogP contribution in [-0.4, -0.2) is 48.0 Å². The van der Waals surface area contributed by atoms with Gasteiger partial charge in [0.2, 0.25) is 5.95 Å². The molecule has 4 aromatic rings. The van der Waals surface area contributed by atoms with E-state index in [0.29, 0.717) is 27.9 Å². The molecule has 1 fully saturated rings. The van der Waals surface area contributed by atoms with Crippen molar-refractivity contribution < 1.29 is 19.4 Å². The predicted octanol–water partition coefficient (Wildman–Crippen LogP) is 5.14. The third kappa shape index (κ3) is 4.22. The maximum atomic E-state index is 13.6. The van der Waals surface area contributed by atoms with E-state index >= 15 is 0 Å². The molecule has 0 bridgehead atoms. The van der Waals surface area contributed by atoms with Crippen molar-refractivity contribution in [2.45, 2.75) is 31.7 Å². The van der Waals surface area contributed by atoms with E-state index < -0.39 is 17.7 Å². The number of fused-ring (bicyclic) bond motifs is 2. The van der Waals surface area contributed by atoms with Crippen LogP contribution in [0.5, 0.6) is 5.75 Å². The van der Waals surface area contributed by atoms with E-state index in [9.17, 15) is 14.7 Å². The van der Waals surface area contributed by atoms with Crippen molar-refractivity contribution in [1.29, 1.82) is 0 Å². The van der Waals surface area contributed by atoms with E-state index in [1.165, 1.54) is 16.0 Å². The van der Waals surface area contributed by atoms with Crippen LogP contribution in [-0.2, 0) is 22.4 Å². The molecule has 2 N–H and O–H groups in total. The van der Waals surface area contributed by atoms with E-state index in [0.717, 1.165) is 31.4 Å². The van der Waals surface area contributed by atoms with E-state index in [-0.39, 0.29) is 17.3 Å². The Balaban J connectivity index is 1.52. The standard InChI is InChI=1S/C31H30N4O4/c1-34(2)22-12-10-19(11-13-22)27-26(28(36)21-9-8-18-6-4-5-7-20(18)16-21)29(37)30(38)35(27)31-32-24-15-14-23(39-3)17-25(24)33-31/h8-17,27,36H,4-7H2,1-3H3,(H,32,33)/b28-26+. The Kier molecular flexibility index (Phi) is 6.10. The molecule has 1 aliphatic heterocycles. The van der Waals surface area contributed by atoms with Gasteiger partial charge in [-0.3, -0.25) is 14.5 Å². The van der Waals surface area contributed by atoms with Crippen molar-refractivity contribution in [3.8, 4) is 5.75 Å². The summed E-state index contributed by atoms with van der Waals surface area (Å²) in [5.74, 6) is -0.801. The molecule has 0 radical (unpaired) electrons. The van der Waals surface area contributed by atoms with Gasteiger partial charge in [-0.2, -0.15) is 0 Å². The number of aliphatic hydroxyl groups excluding tert-OH is 1. The number of aromatic nitrogens is 2. The quantitative estimate of drug-likeness (QED) is 0.214. The molecule has 0 saturated carbocycles. The summed E-state index contributed by atoms with van der Waals surface area (Å²) in [6.07, 6.45) is 4.19. The summed E-state index contributed by atoms with van der Waals surface area (Å²) < 4.78 is 5.33. The van der Waals surface area contributed by atoms with Crippen LogP contribution in [0.2, 0.25) is 0 Å². The Bertz CT molecular complexity index is 1630. The summed E-state index contributed by atoms with van der Waals surface area (Å²) in [6.45, 7) is 0. The van der Waals surface area contributed by atoms with Gasteiger partial charge in [0.25, 0.3) is 5.78 Å². The predicted molar refractivity (Wildman–Crippen MR) is 151 cm³/mol. The SMILES string of the molecule is COc1ccc2nc(N3C(=O)C(=O)/C(=C(/O)c4ccc5c(c4)CCCC5)C3c3ccc(N(C)C)cc3)[nH]c2c1. The topological polar surface area (TPSA) is 98.8 Å². The molecular formula is C31H30N4O4. The fourth-order valence-electron chi connectivity index (χ4n) is 5.57. The molecule has 1 saturated heterocycles. The van der Waals surface area contributed by atoms with Gasteiger partial charge in [0.1, 0.15) is 11.5 Å². The van der Waals surface area contributed by atoms with E-state index in [1.54, 1.807) is 25.3 Å². The van der Waals surface area contributed by atoms with E-state index in [1.807, 2.05) is 61.5 Å². The number of nitrogens with one attached hydrogen (secondary N) is 1. The number of imidazole rings is 1. The number of Topliss-reactive ketones (excluding diaryl/α,β-unsaturated/α-hetero) is 1. The molecule has 0 spiro atoms. The van der Waals surface area contributed by atoms with E-state index in [2.05, 4.69) is 9.97 Å². The van der Waals surface area contributed by atoms with Crippen LogP contribution in [0.1, 0.15) is 41.1 Å². The number of carbonyl (C=O) groups excluding carboxylic acids is 2. The van der Waals surface area contributed by atoms with Gasteiger partial charge in [0.05, 0.1) is 29.8 Å². The summed E-state index contributed by atoms with van der Waals surface area (Å²) in [5.41, 5.74) is 6.00. The molecule has 39 heavy (non-hydrogen) atoms. The average Bonchev–Trinajstić information content (AvgIpc) is 3.49. The number of carbonyl (C=O) groups is 2. The number of nitrogens with zero attached hydrogens (tertiary/aromatic N) is 3. The third-order valence-corrected chi connectivity index (χ3v) is 7.70. The molecule has 6 rings (SSSR count). The Labute approximate surface area is 226 Å². The first-order valence-corrected chi connectivity index (χ1v) is 13.1. The number of ketones is 1. The van der Waals surface area contributed by atoms with Crippen molar-refractivity contribution in [3.05, 3.63) is 88.5 Å². The fourth-order valence-corrected chi connectivity index (χ4v) is 5.57. The zero-order valence-corrected chi connectivity index (χ0v) is 22.2. The van der Waals surface area contributed by atoms with Crippen LogP contribution >= 0.6 is 0 Å². The summed E-state index contributed by atoms with van der Waals surface area (Å²) in [4.78, 5) is 38.3. The van der Waals surface area contributed by atoms with Crippen LogP contribution in [0.25, 0.3) is 16.8 Å². The summed E-state index contributed by atoms with van der Waals surface area (Å²) in [5, 5.41) is 11.6. The van der Waals surface area contributed by atoms with Crippen LogP contribution in [0.15, 0.2) is 66.2 Å². The molecule has 3 aromatic carbocycles. The lowest BCUT2D eigenvalue weighted by Crippen LogP contribution is -2.30. The Morgan fingerprint density at radius 1 is 1.00 bits per heavy atom. The number of ether oxygens (including phenoxy) is 1. The largest absolute Gasteiger partial charge is 0.507 e. The first-order valence-electron chi connectivity index (χ1n) is 13.1. The number of aliphatic hydroxyl groups is 1. The highest BCUT2D eigenvalue weighted by Crippen LogP contribution is 2.42. The number of benzene rings is 3. The molecule has 1 amide bonds. The Morgan fingerprint density at radius 3 is 2.46 bits per heavy atom. The number of methoxy groups -OCH3 is 1. The molecule has 2 aliphatic rings. The van der Waals surface area contributed by atoms with Crippen LogP contribution in [0.4, 0.5) is 11.6 Å². The lowest BCUT2D eigenvalue weighted by atomic mass is 9.88. The van der Waals surface area contributed by atoms with Gasteiger partial charge in [-0.05, 0) is 72.7 Å². The number of amides is 1. The normalized spacial score (nSPS) is 18.4. The zero-order valence-electron chi connectivity index (χ0n) is 22.2. The molecule has 1 unspecified atom stereocenters. The minimum atomic E-state index is -0.861. The highest BCUT2D eigenvalue weighted by atomic mass is 16.5.